The van der Waals surface area contributed by atoms with Gasteiger partial charge in [0.2, 0.25) is 5.95 Å². The van der Waals surface area contributed by atoms with Crippen LogP contribution in [-0.2, 0) is 7.05 Å². The smallest absolute Gasteiger partial charge is 0.270 e. The number of primary amides is 1. The van der Waals surface area contributed by atoms with Gasteiger partial charge in [-0.2, -0.15) is 0 Å². The van der Waals surface area contributed by atoms with E-state index >= 15 is 0 Å². The van der Waals surface area contributed by atoms with E-state index in [2.05, 4.69) is 37.0 Å². The van der Waals surface area contributed by atoms with E-state index in [-0.39, 0.29) is 11.7 Å². The van der Waals surface area contributed by atoms with Crippen LogP contribution in [0.4, 0.5) is 5.95 Å². The van der Waals surface area contributed by atoms with Crippen molar-refractivity contribution in [3.05, 3.63) is 17.7 Å². The summed E-state index contributed by atoms with van der Waals surface area (Å²) in [7, 11) is 2.05. The molecule has 1 atom stereocenters. The third kappa shape index (κ3) is 2.53. The first kappa shape index (κ1) is 15.1. The Bertz CT molecular complexity index is 744. The van der Waals surface area contributed by atoms with Crippen LogP contribution in [0.25, 0.3) is 0 Å². The van der Waals surface area contributed by atoms with Crippen LogP contribution >= 0.6 is 0 Å². The van der Waals surface area contributed by atoms with Crippen molar-refractivity contribution in [1.82, 2.24) is 29.8 Å². The lowest BCUT2D eigenvalue weighted by atomic mass is 10.1. The normalized spacial score (nSPS) is 21.7. The van der Waals surface area contributed by atoms with E-state index in [1.807, 2.05) is 0 Å². The molecule has 0 radical (unpaired) electrons. The second-order valence-corrected chi connectivity index (χ2v) is 6.74. The highest BCUT2D eigenvalue weighted by atomic mass is 16.1. The van der Waals surface area contributed by atoms with Crippen molar-refractivity contribution in [2.24, 2.45) is 12.8 Å². The molecule has 24 heavy (non-hydrogen) atoms. The molecule has 1 aliphatic heterocycles. The van der Waals surface area contributed by atoms with Crippen LogP contribution < -0.4 is 10.6 Å². The standard InChI is InChI=1S/C15H22N8O/c1-21-14(10-4-2-3-5-10)18-19-15(21)22-7-6-11(8-22)23-9-12(13(16)24)17-20-23/h9-11H,2-8H2,1H3,(H2,16,24). The van der Waals surface area contributed by atoms with Gasteiger partial charge in [0.1, 0.15) is 5.82 Å². The summed E-state index contributed by atoms with van der Waals surface area (Å²) in [6.45, 7) is 1.66. The minimum Gasteiger partial charge on any atom is -0.364 e. The lowest BCUT2D eigenvalue weighted by molar-refractivity contribution is 0.0995. The number of aromatic nitrogens is 6. The minimum absolute atomic E-state index is 0.164. The van der Waals surface area contributed by atoms with E-state index in [9.17, 15) is 4.79 Å². The molecule has 9 nitrogen and oxygen atoms in total. The zero-order chi connectivity index (χ0) is 16.7. The van der Waals surface area contributed by atoms with Gasteiger partial charge in [0.05, 0.1) is 12.2 Å². The van der Waals surface area contributed by atoms with Crippen molar-refractivity contribution in [3.63, 3.8) is 0 Å². The van der Waals surface area contributed by atoms with Crippen LogP contribution in [0.15, 0.2) is 6.20 Å². The molecule has 1 saturated carbocycles. The molecule has 2 N–H and O–H groups in total. The molecule has 2 aromatic heterocycles. The number of nitrogens with zero attached hydrogens (tertiary/aromatic N) is 7. The number of anilines is 1. The van der Waals surface area contributed by atoms with Crippen molar-refractivity contribution in [3.8, 4) is 0 Å². The first-order chi connectivity index (χ1) is 11.6. The van der Waals surface area contributed by atoms with Gasteiger partial charge in [-0.05, 0) is 19.3 Å². The van der Waals surface area contributed by atoms with Crippen LogP contribution in [0.5, 0.6) is 0 Å². The molecule has 1 saturated heterocycles. The Morgan fingerprint density at radius 2 is 2.00 bits per heavy atom. The van der Waals surface area contributed by atoms with Gasteiger partial charge in [-0.1, -0.05) is 18.1 Å². The molecule has 3 heterocycles. The highest BCUT2D eigenvalue weighted by Gasteiger charge is 2.30. The van der Waals surface area contributed by atoms with Crippen LogP contribution in [0, 0.1) is 0 Å². The van der Waals surface area contributed by atoms with E-state index < -0.39 is 5.91 Å². The number of carbonyl (C=O) groups excluding carboxylic acids is 1. The quantitative estimate of drug-likeness (QED) is 0.880. The van der Waals surface area contributed by atoms with E-state index in [4.69, 9.17) is 5.73 Å². The maximum atomic E-state index is 11.2. The lowest BCUT2D eigenvalue weighted by Crippen LogP contribution is -2.24. The average molecular weight is 330 g/mol. The third-order valence-electron chi connectivity index (χ3n) is 5.19. The van der Waals surface area contributed by atoms with Gasteiger partial charge in [0, 0.05) is 26.1 Å². The second-order valence-electron chi connectivity index (χ2n) is 6.74. The van der Waals surface area contributed by atoms with Crippen LogP contribution in [0.2, 0.25) is 0 Å². The molecule has 1 aliphatic carbocycles. The lowest BCUT2D eigenvalue weighted by Gasteiger charge is -2.18. The average Bonchev–Trinajstić information content (AvgIpc) is 3.33. The molecule has 0 bridgehead atoms. The molecule has 2 aliphatic rings. The summed E-state index contributed by atoms with van der Waals surface area (Å²) in [6.07, 6.45) is 7.54. The summed E-state index contributed by atoms with van der Waals surface area (Å²) in [5.74, 6) is 2.01. The third-order valence-corrected chi connectivity index (χ3v) is 5.19. The van der Waals surface area contributed by atoms with Crippen molar-refractivity contribution >= 4 is 11.9 Å². The Kier molecular flexibility index (Phi) is 3.70. The fourth-order valence-electron chi connectivity index (χ4n) is 3.85. The predicted molar refractivity (Wildman–Crippen MR) is 86.6 cm³/mol. The second kappa shape index (κ2) is 5.88. The predicted octanol–water partition coefficient (Wildman–Crippen LogP) is 0.615. The first-order valence-corrected chi connectivity index (χ1v) is 8.49. The fraction of sp³-hybridized carbons (Fsp3) is 0.667. The Hall–Kier alpha value is -2.45. The highest BCUT2D eigenvalue weighted by Crippen LogP contribution is 2.34. The zero-order valence-electron chi connectivity index (χ0n) is 13.8. The number of carbonyl (C=O) groups is 1. The number of amides is 1. The number of hydrogen-bond acceptors (Lipinski definition) is 6. The SMILES string of the molecule is Cn1c(C2CCCC2)nnc1N1CCC(n2cc(C(N)=O)nn2)C1. The van der Waals surface area contributed by atoms with Crippen LogP contribution in [-0.4, -0.2) is 48.8 Å². The topological polar surface area (TPSA) is 108 Å². The van der Waals surface area contributed by atoms with Crippen LogP contribution in [0.3, 0.4) is 0 Å². The molecular formula is C15H22N8O. The molecule has 2 fully saturated rings. The van der Waals surface area contributed by atoms with Gasteiger partial charge >= 0.3 is 0 Å². The summed E-state index contributed by atoms with van der Waals surface area (Å²) in [5, 5.41) is 16.7. The van der Waals surface area contributed by atoms with Crippen molar-refractivity contribution in [2.45, 2.75) is 44.1 Å². The first-order valence-electron chi connectivity index (χ1n) is 8.49. The van der Waals surface area contributed by atoms with Gasteiger partial charge < -0.3 is 15.2 Å². The number of rotatable bonds is 4. The summed E-state index contributed by atoms with van der Waals surface area (Å²) >= 11 is 0. The Labute approximate surface area is 139 Å². The monoisotopic (exact) mass is 330 g/mol. The van der Waals surface area contributed by atoms with Gasteiger partial charge in [0.25, 0.3) is 5.91 Å². The molecule has 1 amide bonds. The van der Waals surface area contributed by atoms with E-state index in [0.29, 0.717) is 5.92 Å². The van der Waals surface area contributed by atoms with Gasteiger partial charge in [0.15, 0.2) is 5.69 Å². The summed E-state index contributed by atoms with van der Waals surface area (Å²) in [6, 6.07) is 0.164. The minimum atomic E-state index is -0.550. The van der Waals surface area contributed by atoms with Crippen molar-refractivity contribution in [1.29, 1.82) is 0 Å². The van der Waals surface area contributed by atoms with E-state index in [0.717, 1.165) is 31.3 Å². The molecular weight excluding hydrogens is 308 g/mol. The van der Waals surface area contributed by atoms with Gasteiger partial charge in [-0.25, -0.2) is 4.68 Å². The fourth-order valence-corrected chi connectivity index (χ4v) is 3.85. The maximum absolute atomic E-state index is 11.2. The number of nitrogens with two attached hydrogens (primary N) is 1. The largest absolute Gasteiger partial charge is 0.364 e. The summed E-state index contributed by atoms with van der Waals surface area (Å²) in [5.41, 5.74) is 5.44. The van der Waals surface area contributed by atoms with E-state index in [1.165, 1.54) is 25.7 Å². The Balaban J connectivity index is 1.49. The Morgan fingerprint density at radius 1 is 1.21 bits per heavy atom. The Morgan fingerprint density at radius 3 is 2.71 bits per heavy atom. The molecule has 128 valence electrons. The molecule has 9 heteroatoms. The summed E-state index contributed by atoms with van der Waals surface area (Å²) < 4.78 is 3.86. The van der Waals surface area contributed by atoms with Gasteiger partial charge in [-0.3, -0.25) is 4.79 Å². The highest BCUT2D eigenvalue weighted by molar-refractivity contribution is 5.90. The molecule has 1 unspecified atom stereocenters. The maximum Gasteiger partial charge on any atom is 0.270 e. The number of hydrogen-bond donors (Lipinski definition) is 1. The van der Waals surface area contributed by atoms with Crippen molar-refractivity contribution < 1.29 is 4.79 Å². The molecule has 4 rings (SSSR count). The molecule has 0 spiro atoms. The van der Waals surface area contributed by atoms with Crippen molar-refractivity contribution in [2.75, 3.05) is 18.0 Å². The van der Waals surface area contributed by atoms with Crippen LogP contribution in [0.1, 0.15) is 60.4 Å². The van der Waals surface area contributed by atoms with Gasteiger partial charge in [-0.15, -0.1) is 15.3 Å². The summed E-state index contributed by atoms with van der Waals surface area (Å²) in [4.78, 5) is 13.4. The molecule has 0 aromatic carbocycles. The van der Waals surface area contributed by atoms with E-state index in [1.54, 1.807) is 10.9 Å². The zero-order valence-corrected chi connectivity index (χ0v) is 13.8. The molecule has 2 aromatic rings.